The molecule has 0 spiro atoms. The van der Waals surface area contributed by atoms with Gasteiger partial charge in [-0.15, -0.1) is 24.0 Å². The first-order valence-corrected chi connectivity index (χ1v) is 5.61. The van der Waals surface area contributed by atoms with E-state index in [0.717, 1.165) is 12.8 Å². The van der Waals surface area contributed by atoms with Crippen LogP contribution in [0.2, 0.25) is 0 Å². The number of ether oxygens (including phenoxy) is 1. The van der Waals surface area contributed by atoms with Crippen molar-refractivity contribution >= 4 is 29.9 Å². The molecule has 0 radical (unpaired) electrons. The Kier molecular flexibility index (Phi) is 5.79. The van der Waals surface area contributed by atoms with Gasteiger partial charge in [-0.05, 0) is 19.8 Å². The molecule has 0 unspecified atom stereocenters. The van der Waals surface area contributed by atoms with Crippen molar-refractivity contribution < 1.29 is 9.26 Å². The summed E-state index contributed by atoms with van der Waals surface area (Å²) in [6, 6.07) is 0. The molecule has 1 aliphatic rings. The Morgan fingerprint density at radius 2 is 2.33 bits per heavy atom. The van der Waals surface area contributed by atoms with Gasteiger partial charge in [-0.1, -0.05) is 5.16 Å². The monoisotopic (exact) mass is 367 g/mol. The predicted molar refractivity (Wildman–Crippen MR) is 76.8 cm³/mol. The lowest BCUT2D eigenvalue weighted by atomic mass is 10.2. The van der Waals surface area contributed by atoms with Crippen LogP contribution in [0.4, 0.5) is 0 Å². The Balaban J connectivity index is 0.00000162. The number of hydrogen-bond acceptors (Lipinski definition) is 5. The third-order valence-electron chi connectivity index (χ3n) is 2.68. The third kappa shape index (κ3) is 3.80. The van der Waals surface area contributed by atoms with E-state index in [0.29, 0.717) is 24.2 Å². The van der Waals surface area contributed by atoms with Gasteiger partial charge in [0.1, 0.15) is 6.10 Å². The summed E-state index contributed by atoms with van der Waals surface area (Å²) in [6.07, 6.45) is 1.84. The normalized spacial score (nSPS) is 23.8. The van der Waals surface area contributed by atoms with Gasteiger partial charge in [0.2, 0.25) is 0 Å². The van der Waals surface area contributed by atoms with Crippen molar-refractivity contribution in [3.63, 3.8) is 0 Å². The molecule has 0 bridgehead atoms. The van der Waals surface area contributed by atoms with E-state index in [2.05, 4.69) is 20.4 Å². The Hall–Kier alpha value is -0.900. The second kappa shape index (κ2) is 6.88. The summed E-state index contributed by atoms with van der Waals surface area (Å²) in [7, 11) is 1.64. The smallest absolute Gasteiger partial charge is 0.255 e. The molecular weight excluding hydrogens is 349 g/mol. The molecule has 1 fully saturated rings. The second-order valence-electron chi connectivity index (χ2n) is 3.99. The number of aryl methyl sites for hydroxylation is 1. The van der Waals surface area contributed by atoms with Gasteiger partial charge in [-0.2, -0.15) is 4.98 Å². The zero-order valence-corrected chi connectivity index (χ0v) is 12.8. The van der Waals surface area contributed by atoms with Crippen LogP contribution in [0.3, 0.4) is 0 Å². The van der Waals surface area contributed by atoms with Gasteiger partial charge in [-0.25, -0.2) is 0 Å². The molecule has 2 atom stereocenters. The van der Waals surface area contributed by atoms with Crippen molar-refractivity contribution in [3.05, 3.63) is 11.7 Å². The Morgan fingerprint density at radius 1 is 1.56 bits per heavy atom. The van der Waals surface area contributed by atoms with Gasteiger partial charge in [0.25, 0.3) is 5.89 Å². The fourth-order valence-corrected chi connectivity index (χ4v) is 1.78. The van der Waals surface area contributed by atoms with Crippen molar-refractivity contribution in [2.75, 3.05) is 13.6 Å². The van der Waals surface area contributed by atoms with Gasteiger partial charge in [0.15, 0.2) is 11.8 Å². The fourth-order valence-electron chi connectivity index (χ4n) is 1.78. The van der Waals surface area contributed by atoms with Crippen LogP contribution in [0.1, 0.15) is 30.7 Å². The molecule has 102 valence electrons. The SMILES string of the molecule is CN=C(N)NC[C@H]1CC[C@@H](c2nc(C)no2)O1.I. The molecule has 3 N–H and O–H groups in total. The molecule has 2 rings (SSSR count). The lowest BCUT2D eigenvalue weighted by Crippen LogP contribution is -2.37. The zero-order valence-electron chi connectivity index (χ0n) is 10.4. The minimum atomic E-state index is -0.0946. The molecule has 18 heavy (non-hydrogen) atoms. The Labute approximate surface area is 123 Å². The van der Waals surface area contributed by atoms with E-state index in [-0.39, 0.29) is 36.2 Å². The predicted octanol–water partition coefficient (Wildman–Crippen LogP) is 0.750. The molecule has 8 heteroatoms. The van der Waals surface area contributed by atoms with E-state index in [1.165, 1.54) is 0 Å². The number of halogens is 1. The number of nitrogens with two attached hydrogens (primary N) is 1. The number of aromatic nitrogens is 2. The minimum Gasteiger partial charge on any atom is -0.370 e. The number of nitrogens with one attached hydrogen (secondary N) is 1. The second-order valence-corrected chi connectivity index (χ2v) is 3.99. The van der Waals surface area contributed by atoms with Crippen LogP contribution in [-0.2, 0) is 4.74 Å². The zero-order chi connectivity index (χ0) is 12.3. The van der Waals surface area contributed by atoms with E-state index >= 15 is 0 Å². The molecule has 2 heterocycles. The van der Waals surface area contributed by atoms with Crippen LogP contribution in [0.25, 0.3) is 0 Å². The highest BCUT2D eigenvalue weighted by molar-refractivity contribution is 14.0. The molecule has 0 amide bonds. The average Bonchev–Trinajstić information content (AvgIpc) is 2.94. The highest BCUT2D eigenvalue weighted by Crippen LogP contribution is 2.31. The van der Waals surface area contributed by atoms with E-state index in [1.54, 1.807) is 14.0 Å². The molecule has 1 aromatic rings. The van der Waals surface area contributed by atoms with Crippen LogP contribution in [0.15, 0.2) is 9.52 Å². The molecule has 7 nitrogen and oxygen atoms in total. The van der Waals surface area contributed by atoms with E-state index in [9.17, 15) is 0 Å². The highest BCUT2D eigenvalue weighted by atomic mass is 127. The minimum absolute atomic E-state index is 0. The van der Waals surface area contributed by atoms with Crippen LogP contribution >= 0.6 is 24.0 Å². The Bertz CT molecular complexity index is 409. The lowest BCUT2D eigenvalue weighted by molar-refractivity contribution is 0.0286. The number of rotatable bonds is 3. The third-order valence-corrected chi connectivity index (χ3v) is 2.68. The molecule has 0 saturated carbocycles. The van der Waals surface area contributed by atoms with Crippen LogP contribution in [-0.4, -0.2) is 35.8 Å². The summed E-state index contributed by atoms with van der Waals surface area (Å²) >= 11 is 0. The van der Waals surface area contributed by atoms with E-state index in [4.69, 9.17) is 15.0 Å². The maximum atomic E-state index is 5.79. The van der Waals surface area contributed by atoms with Gasteiger partial charge in [0, 0.05) is 13.6 Å². The summed E-state index contributed by atoms with van der Waals surface area (Å²) in [5.74, 6) is 1.61. The standard InChI is InChI=1S/C10H17N5O2.HI/c1-6-14-9(17-15-6)8-4-3-7(16-8)5-13-10(11)12-2;/h7-8H,3-5H2,1-2H3,(H3,11,12,13);1H/t7-,8+;/m1./s1. The summed E-state index contributed by atoms with van der Waals surface area (Å²) in [5, 5.41) is 6.74. The first-order valence-electron chi connectivity index (χ1n) is 5.61. The Morgan fingerprint density at radius 3 is 2.94 bits per heavy atom. The summed E-state index contributed by atoms with van der Waals surface area (Å²) in [6.45, 7) is 2.44. The number of guanidine groups is 1. The molecule has 0 aromatic carbocycles. The largest absolute Gasteiger partial charge is 0.370 e. The maximum absolute atomic E-state index is 5.79. The topological polar surface area (TPSA) is 98.6 Å². The number of hydrogen-bond donors (Lipinski definition) is 2. The molecule has 1 aromatic heterocycles. The van der Waals surface area contributed by atoms with Gasteiger partial charge < -0.3 is 20.3 Å². The van der Waals surface area contributed by atoms with Crippen molar-refractivity contribution in [3.8, 4) is 0 Å². The van der Waals surface area contributed by atoms with Crippen molar-refractivity contribution in [1.82, 2.24) is 15.5 Å². The highest BCUT2D eigenvalue weighted by Gasteiger charge is 2.30. The molecule has 1 aliphatic heterocycles. The molecular formula is C10H18IN5O2. The van der Waals surface area contributed by atoms with Crippen LogP contribution in [0.5, 0.6) is 0 Å². The molecule has 1 saturated heterocycles. The lowest BCUT2D eigenvalue weighted by Gasteiger charge is -2.12. The molecule has 0 aliphatic carbocycles. The van der Waals surface area contributed by atoms with Crippen LogP contribution in [0, 0.1) is 6.92 Å². The first-order chi connectivity index (χ1) is 8.19. The van der Waals surface area contributed by atoms with Gasteiger partial charge >= 0.3 is 0 Å². The summed E-state index contributed by atoms with van der Waals surface area (Å²) in [4.78, 5) is 7.98. The first kappa shape index (κ1) is 15.2. The number of aliphatic imine (C=N–C) groups is 1. The van der Waals surface area contributed by atoms with Crippen molar-refractivity contribution in [2.24, 2.45) is 10.7 Å². The van der Waals surface area contributed by atoms with E-state index in [1.807, 2.05) is 0 Å². The number of nitrogens with zero attached hydrogens (tertiary/aromatic N) is 3. The van der Waals surface area contributed by atoms with Crippen LogP contribution < -0.4 is 11.1 Å². The van der Waals surface area contributed by atoms with Crippen molar-refractivity contribution in [1.29, 1.82) is 0 Å². The van der Waals surface area contributed by atoms with Gasteiger partial charge in [0.05, 0.1) is 6.10 Å². The van der Waals surface area contributed by atoms with Crippen molar-refractivity contribution in [2.45, 2.75) is 32.0 Å². The maximum Gasteiger partial charge on any atom is 0.255 e. The quantitative estimate of drug-likeness (QED) is 0.465. The average molecular weight is 367 g/mol. The fraction of sp³-hybridized carbons (Fsp3) is 0.700. The summed E-state index contributed by atoms with van der Waals surface area (Å²) < 4.78 is 10.9. The van der Waals surface area contributed by atoms with E-state index < -0.39 is 0 Å². The summed E-state index contributed by atoms with van der Waals surface area (Å²) in [5.41, 5.74) is 5.54. The van der Waals surface area contributed by atoms with Gasteiger partial charge in [-0.3, -0.25) is 4.99 Å².